The summed E-state index contributed by atoms with van der Waals surface area (Å²) in [6.45, 7) is 6.75. The second-order valence-electron chi connectivity index (χ2n) is 9.66. The van der Waals surface area contributed by atoms with E-state index in [1.54, 1.807) is 7.11 Å². The molecule has 0 aliphatic carbocycles. The third-order valence-corrected chi connectivity index (χ3v) is 6.35. The number of carbonyl (C=O) groups is 1. The summed E-state index contributed by atoms with van der Waals surface area (Å²) in [6, 6.07) is 5.59. The van der Waals surface area contributed by atoms with Crippen molar-refractivity contribution >= 4 is 40.0 Å². The van der Waals surface area contributed by atoms with E-state index in [4.69, 9.17) is 9.47 Å². The molecule has 4 rings (SSSR count). The molecule has 1 amide bonds. The number of nitrogens with zero attached hydrogens (tertiary/aromatic N) is 6. The van der Waals surface area contributed by atoms with E-state index in [-0.39, 0.29) is 12.0 Å². The number of hydrogen-bond acceptors (Lipinski definition) is 10. The van der Waals surface area contributed by atoms with Gasteiger partial charge in [-0.25, -0.2) is 10.0 Å². The van der Waals surface area contributed by atoms with Crippen LogP contribution in [-0.4, -0.2) is 110 Å². The number of ether oxygens (including phenoxy) is 2. The van der Waals surface area contributed by atoms with Gasteiger partial charge < -0.3 is 34.9 Å². The second-order valence-corrected chi connectivity index (χ2v) is 9.66. The van der Waals surface area contributed by atoms with Gasteiger partial charge in [-0.3, -0.25) is 4.79 Å². The Morgan fingerprint density at radius 1 is 1.18 bits per heavy atom. The van der Waals surface area contributed by atoms with E-state index in [9.17, 15) is 4.79 Å². The van der Waals surface area contributed by atoms with Crippen molar-refractivity contribution in [2.75, 3.05) is 84.1 Å². The Morgan fingerprint density at radius 3 is 2.61 bits per heavy atom. The van der Waals surface area contributed by atoms with Crippen molar-refractivity contribution in [2.24, 2.45) is 0 Å². The molecule has 0 radical (unpaired) electrons. The van der Waals surface area contributed by atoms with E-state index in [2.05, 4.69) is 52.0 Å². The highest BCUT2D eigenvalue weighted by Gasteiger charge is 2.31. The molecule has 3 aromatic rings. The van der Waals surface area contributed by atoms with Gasteiger partial charge in [0.25, 0.3) is 0 Å². The molecule has 0 atom stereocenters. The van der Waals surface area contributed by atoms with Crippen molar-refractivity contribution in [2.45, 2.75) is 6.10 Å². The van der Waals surface area contributed by atoms with E-state index >= 15 is 0 Å². The molecule has 38 heavy (non-hydrogen) atoms. The maximum Gasteiger partial charge on any atom is 0.247 e. The Kier molecular flexibility index (Phi) is 8.35. The molecule has 0 unspecified atom stereocenters. The van der Waals surface area contributed by atoms with Crippen LogP contribution in [0.3, 0.4) is 0 Å². The van der Waals surface area contributed by atoms with Crippen molar-refractivity contribution in [3.05, 3.63) is 37.1 Å². The number of amides is 1. The van der Waals surface area contributed by atoms with Crippen LogP contribution in [0.2, 0.25) is 0 Å². The van der Waals surface area contributed by atoms with Gasteiger partial charge in [-0.05, 0) is 32.3 Å². The Bertz CT molecular complexity index is 1280. The van der Waals surface area contributed by atoms with Crippen LogP contribution in [0.4, 0.5) is 23.0 Å². The molecule has 3 N–H and O–H groups in total. The van der Waals surface area contributed by atoms with Crippen molar-refractivity contribution < 1.29 is 14.3 Å². The van der Waals surface area contributed by atoms with Gasteiger partial charge in [-0.2, -0.15) is 9.97 Å². The highest BCUT2D eigenvalue weighted by Crippen LogP contribution is 2.38. The lowest BCUT2D eigenvalue weighted by molar-refractivity contribution is -0.111. The number of aromatic nitrogens is 3. The highest BCUT2D eigenvalue weighted by molar-refractivity contribution is 6.02. The molecule has 1 saturated heterocycles. The minimum absolute atomic E-state index is 0.0329. The molecule has 2 aromatic heterocycles. The number of H-pyrrole nitrogens is 1. The van der Waals surface area contributed by atoms with Gasteiger partial charge in [0, 0.05) is 46.5 Å². The molecule has 1 aliphatic heterocycles. The van der Waals surface area contributed by atoms with E-state index in [1.807, 2.05) is 59.6 Å². The van der Waals surface area contributed by atoms with Crippen LogP contribution < -0.4 is 25.0 Å². The first-order chi connectivity index (χ1) is 18.2. The third kappa shape index (κ3) is 6.15. The molecule has 0 saturated carbocycles. The SMILES string of the molecule is C=CC(=O)Nc1cc(Nc2nc(OC3CN(N(C)C)C3)c3cc[nH]c3n2)c(OC)cc1N(C)CCN(C)C. The molecule has 1 aromatic carbocycles. The number of rotatable bonds is 12. The van der Waals surface area contributed by atoms with Crippen LogP contribution in [0, 0.1) is 0 Å². The zero-order chi connectivity index (χ0) is 27.4. The normalized spacial score (nSPS) is 14.0. The molecule has 0 bridgehead atoms. The van der Waals surface area contributed by atoms with Gasteiger partial charge in [0.15, 0.2) is 0 Å². The fourth-order valence-corrected chi connectivity index (χ4v) is 4.06. The van der Waals surface area contributed by atoms with Gasteiger partial charge >= 0.3 is 0 Å². The maximum atomic E-state index is 12.3. The zero-order valence-corrected chi connectivity index (χ0v) is 22.9. The molecule has 12 nitrogen and oxygen atoms in total. The topological polar surface area (TPSA) is 114 Å². The molecule has 12 heteroatoms. The average Bonchev–Trinajstić information content (AvgIpc) is 3.33. The van der Waals surface area contributed by atoms with Crippen molar-refractivity contribution in [1.82, 2.24) is 29.9 Å². The monoisotopic (exact) mass is 523 g/mol. The predicted octanol–water partition coefficient (Wildman–Crippen LogP) is 2.37. The number of nitrogens with one attached hydrogen (secondary N) is 3. The number of carbonyl (C=O) groups excluding carboxylic acids is 1. The minimum atomic E-state index is -0.310. The first kappa shape index (κ1) is 27.2. The summed E-state index contributed by atoms with van der Waals surface area (Å²) in [7, 11) is 11.6. The average molecular weight is 524 g/mol. The lowest BCUT2D eigenvalue weighted by Gasteiger charge is -2.42. The molecule has 1 fully saturated rings. The summed E-state index contributed by atoms with van der Waals surface area (Å²) in [6.07, 6.45) is 3.08. The van der Waals surface area contributed by atoms with Crippen LogP contribution in [0.25, 0.3) is 11.0 Å². The zero-order valence-electron chi connectivity index (χ0n) is 22.9. The lowest BCUT2D eigenvalue weighted by atomic mass is 10.2. The third-order valence-electron chi connectivity index (χ3n) is 6.35. The Labute approximate surface area is 223 Å². The number of hydrazine groups is 1. The molecule has 0 spiro atoms. The summed E-state index contributed by atoms with van der Waals surface area (Å²) in [4.78, 5) is 28.9. The Balaban J connectivity index is 1.65. The molecular formula is C26H37N9O3. The summed E-state index contributed by atoms with van der Waals surface area (Å²) in [5.74, 6) is 1.11. The van der Waals surface area contributed by atoms with E-state index in [1.165, 1.54) is 6.08 Å². The van der Waals surface area contributed by atoms with Gasteiger partial charge in [-0.15, -0.1) is 0 Å². The second kappa shape index (κ2) is 11.7. The summed E-state index contributed by atoms with van der Waals surface area (Å²) in [5, 5.41) is 11.2. The van der Waals surface area contributed by atoms with Crippen LogP contribution >= 0.6 is 0 Å². The quantitative estimate of drug-likeness (QED) is 0.306. The lowest BCUT2D eigenvalue weighted by Crippen LogP contribution is -2.58. The van der Waals surface area contributed by atoms with Crippen molar-refractivity contribution in [1.29, 1.82) is 0 Å². The number of benzene rings is 1. The van der Waals surface area contributed by atoms with Gasteiger partial charge in [0.1, 0.15) is 17.5 Å². The van der Waals surface area contributed by atoms with Crippen molar-refractivity contribution in [3.63, 3.8) is 0 Å². The first-order valence-corrected chi connectivity index (χ1v) is 12.4. The summed E-state index contributed by atoms with van der Waals surface area (Å²) < 4.78 is 11.9. The standard InChI is InChI=1S/C26H37N9O3/c1-8-23(36)28-19-13-20(22(37-7)14-21(19)34(6)12-11-32(2)3)29-26-30-24-18(9-10-27-24)25(31-26)38-17-15-35(16-17)33(4)5/h8-10,13-14,17H,1,11-12,15-16H2,2-7H3,(H,28,36)(H2,27,29,30,31). The number of aromatic amines is 1. The molecule has 1 aliphatic rings. The smallest absolute Gasteiger partial charge is 0.247 e. The molecule has 3 heterocycles. The number of fused-ring (bicyclic) bond motifs is 1. The number of likely N-dealkylation sites (N-methyl/N-ethyl adjacent to an activating group) is 2. The van der Waals surface area contributed by atoms with Crippen LogP contribution in [0.15, 0.2) is 37.1 Å². The Morgan fingerprint density at radius 2 is 1.95 bits per heavy atom. The van der Waals surface area contributed by atoms with Crippen LogP contribution in [-0.2, 0) is 4.79 Å². The molecule has 204 valence electrons. The van der Waals surface area contributed by atoms with Gasteiger partial charge in [-0.1, -0.05) is 6.58 Å². The number of methoxy groups -OCH3 is 1. The highest BCUT2D eigenvalue weighted by atomic mass is 16.5. The number of hydrogen-bond donors (Lipinski definition) is 3. The fraction of sp³-hybridized carbons (Fsp3) is 0.423. The van der Waals surface area contributed by atoms with E-state index in [0.29, 0.717) is 34.6 Å². The Hall–Kier alpha value is -3.87. The van der Waals surface area contributed by atoms with Gasteiger partial charge in [0.05, 0.1) is 42.6 Å². The van der Waals surface area contributed by atoms with Gasteiger partial charge in [0.2, 0.25) is 17.7 Å². The number of anilines is 4. The summed E-state index contributed by atoms with van der Waals surface area (Å²) in [5.41, 5.74) is 2.66. The predicted molar refractivity (Wildman–Crippen MR) is 150 cm³/mol. The minimum Gasteiger partial charge on any atom is -0.494 e. The first-order valence-electron chi connectivity index (χ1n) is 12.4. The fourth-order valence-electron chi connectivity index (χ4n) is 4.06. The van der Waals surface area contributed by atoms with Crippen LogP contribution in [0.5, 0.6) is 11.6 Å². The van der Waals surface area contributed by atoms with Crippen molar-refractivity contribution in [3.8, 4) is 11.6 Å². The largest absolute Gasteiger partial charge is 0.494 e. The molecular weight excluding hydrogens is 486 g/mol. The van der Waals surface area contributed by atoms with Crippen LogP contribution in [0.1, 0.15) is 0 Å². The summed E-state index contributed by atoms with van der Waals surface area (Å²) >= 11 is 0. The van der Waals surface area contributed by atoms with E-state index < -0.39 is 0 Å². The maximum absolute atomic E-state index is 12.3. The van der Waals surface area contributed by atoms with E-state index in [0.717, 1.165) is 37.3 Å².